The van der Waals surface area contributed by atoms with Gasteiger partial charge in [0.25, 0.3) is 0 Å². The summed E-state index contributed by atoms with van der Waals surface area (Å²) in [5.74, 6) is 5.00. The normalized spacial score (nSPS) is 10.6. The Morgan fingerprint density at radius 2 is 2.31 bits per heavy atom. The fraction of sp³-hybridized carbons (Fsp3) is 0.182. The molecule has 1 aromatic carbocycles. The van der Waals surface area contributed by atoms with E-state index in [4.69, 9.17) is 5.90 Å². The molecule has 0 aliphatic carbocycles. The Labute approximate surface area is 102 Å². The van der Waals surface area contributed by atoms with Crippen molar-refractivity contribution in [1.82, 2.24) is 9.78 Å². The van der Waals surface area contributed by atoms with Crippen molar-refractivity contribution in [3.8, 4) is 5.69 Å². The van der Waals surface area contributed by atoms with Gasteiger partial charge in [-0.25, -0.2) is 10.6 Å². The number of hydrogen-bond donors (Lipinski definition) is 1. The molecule has 5 heteroatoms. The van der Waals surface area contributed by atoms with Crippen LogP contribution in [0.25, 0.3) is 5.69 Å². The van der Waals surface area contributed by atoms with Crippen LogP contribution in [0.15, 0.2) is 41.1 Å². The number of rotatable bonds is 4. The molecule has 0 atom stereocenters. The Balaban J connectivity index is 2.23. The zero-order chi connectivity index (χ0) is 11.4. The predicted octanol–water partition coefficient (Wildman–Crippen LogP) is 2.07. The molecule has 84 valence electrons. The molecule has 2 N–H and O–H groups in total. The molecule has 1 aromatic heterocycles. The van der Waals surface area contributed by atoms with Gasteiger partial charge < -0.3 is 4.84 Å². The zero-order valence-electron chi connectivity index (χ0n) is 8.64. The Kier molecular flexibility index (Phi) is 3.71. The number of benzene rings is 1. The fourth-order valence-electron chi connectivity index (χ4n) is 1.48. The topological polar surface area (TPSA) is 53.1 Å². The van der Waals surface area contributed by atoms with E-state index in [0.717, 1.165) is 16.6 Å². The molecule has 16 heavy (non-hydrogen) atoms. The quantitative estimate of drug-likeness (QED) is 0.873. The molecule has 2 rings (SSSR count). The van der Waals surface area contributed by atoms with Gasteiger partial charge >= 0.3 is 0 Å². The molecule has 0 fully saturated rings. The number of nitrogens with zero attached hydrogens (tertiary/aromatic N) is 2. The van der Waals surface area contributed by atoms with E-state index in [1.54, 1.807) is 6.20 Å². The summed E-state index contributed by atoms with van der Waals surface area (Å²) in [5, 5.41) is 4.18. The summed E-state index contributed by atoms with van der Waals surface area (Å²) in [6.45, 7) is 0.521. The molecule has 1 heterocycles. The molecular formula is C11H12BrN3O. The molecule has 0 saturated carbocycles. The van der Waals surface area contributed by atoms with Crippen LogP contribution >= 0.6 is 15.9 Å². The number of halogens is 1. The molecule has 0 saturated heterocycles. The van der Waals surface area contributed by atoms with Crippen LogP contribution in [0.4, 0.5) is 0 Å². The minimum atomic E-state index is 0.521. The molecule has 0 bridgehead atoms. The highest BCUT2D eigenvalue weighted by atomic mass is 79.9. The van der Waals surface area contributed by atoms with Crippen LogP contribution in [-0.4, -0.2) is 16.4 Å². The van der Waals surface area contributed by atoms with Crippen molar-refractivity contribution in [3.63, 3.8) is 0 Å². The summed E-state index contributed by atoms with van der Waals surface area (Å²) in [5.41, 5.74) is 2.19. The van der Waals surface area contributed by atoms with Gasteiger partial charge in [0.2, 0.25) is 0 Å². The second-order valence-electron chi connectivity index (χ2n) is 3.36. The fourth-order valence-corrected chi connectivity index (χ4v) is 2.09. The average molecular weight is 282 g/mol. The van der Waals surface area contributed by atoms with Crippen molar-refractivity contribution in [3.05, 3.63) is 46.7 Å². The summed E-state index contributed by atoms with van der Waals surface area (Å²) < 4.78 is 2.82. The van der Waals surface area contributed by atoms with Gasteiger partial charge in [-0.05, 0) is 46.1 Å². The largest absolute Gasteiger partial charge is 0.304 e. The maximum absolute atomic E-state index is 5.00. The third kappa shape index (κ3) is 2.49. The number of aromatic nitrogens is 2. The van der Waals surface area contributed by atoms with Gasteiger partial charge in [0.1, 0.15) is 0 Å². The number of hydrogen-bond acceptors (Lipinski definition) is 3. The van der Waals surface area contributed by atoms with E-state index >= 15 is 0 Å². The maximum atomic E-state index is 5.00. The molecule has 0 unspecified atom stereocenters. The lowest BCUT2D eigenvalue weighted by atomic mass is 10.1. The minimum absolute atomic E-state index is 0.521. The predicted molar refractivity (Wildman–Crippen MR) is 65.1 cm³/mol. The zero-order valence-corrected chi connectivity index (χ0v) is 10.2. The highest BCUT2D eigenvalue weighted by molar-refractivity contribution is 9.10. The van der Waals surface area contributed by atoms with Crippen LogP contribution in [-0.2, 0) is 11.3 Å². The minimum Gasteiger partial charge on any atom is -0.304 e. The third-order valence-electron chi connectivity index (χ3n) is 2.27. The Bertz CT molecular complexity index is 456. The van der Waals surface area contributed by atoms with Crippen molar-refractivity contribution in [2.75, 3.05) is 6.61 Å². The lowest BCUT2D eigenvalue weighted by molar-refractivity contribution is 0.141. The van der Waals surface area contributed by atoms with Gasteiger partial charge in [-0.2, -0.15) is 5.10 Å². The van der Waals surface area contributed by atoms with Gasteiger partial charge in [-0.3, -0.25) is 0 Å². The van der Waals surface area contributed by atoms with Crippen LogP contribution < -0.4 is 5.90 Å². The first kappa shape index (κ1) is 11.3. The first-order valence-corrected chi connectivity index (χ1v) is 5.70. The van der Waals surface area contributed by atoms with Crippen LogP contribution in [0.5, 0.6) is 0 Å². The van der Waals surface area contributed by atoms with Gasteiger partial charge in [0.05, 0.1) is 12.3 Å². The first-order chi connectivity index (χ1) is 7.81. The maximum Gasteiger partial charge on any atom is 0.0787 e. The summed E-state index contributed by atoms with van der Waals surface area (Å²) in [6, 6.07) is 8.00. The molecule has 0 aliphatic heterocycles. The number of nitrogens with two attached hydrogens (primary N) is 1. The van der Waals surface area contributed by atoms with E-state index in [1.807, 2.05) is 29.1 Å². The van der Waals surface area contributed by atoms with Crippen molar-refractivity contribution >= 4 is 15.9 Å². The average Bonchev–Trinajstić information content (AvgIpc) is 2.80. The molecule has 4 nitrogen and oxygen atoms in total. The highest BCUT2D eigenvalue weighted by Gasteiger charge is 2.03. The lowest BCUT2D eigenvalue weighted by Crippen LogP contribution is -2.04. The van der Waals surface area contributed by atoms with Crippen LogP contribution in [0.1, 0.15) is 5.56 Å². The van der Waals surface area contributed by atoms with Gasteiger partial charge in [-0.1, -0.05) is 6.07 Å². The van der Waals surface area contributed by atoms with Crippen LogP contribution in [0, 0.1) is 0 Å². The summed E-state index contributed by atoms with van der Waals surface area (Å²) in [4.78, 5) is 4.56. The SMILES string of the molecule is NOCCc1ccc(-n2cccn2)c(Br)c1. The Hall–Kier alpha value is -1.17. The smallest absolute Gasteiger partial charge is 0.0787 e. The summed E-state index contributed by atoms with van der Waals surface area (Å²) >= 11 is 3.53. The molecule has 0 radical (unpaired) electrons. The van der Waals surface area contributed by atoms with Crippen LogP contribution in [0.2, 0.25) is 0 Å². The standard InChI is InChI=1S/C11H12BrN3O/c12-10-8-9(4-7-16-13)2-3-11(10)15-6-1-5-14-15/h1-3,5-6,8H,4,7,13H2. The van der Waals surface area contributed by atoms with Gasteiger partial charge in [0.15, 0.2) is 0 Å². The van der Waals surface area contributed by atoms with E-state index in [0.29, 0.717) is 6.61 Å². The Morgan fingerprint density at radius 3 is 2.94 bits per heavy atom. The summed E-state index contributed by atoms with van der Waals surface area (Å²) in [6.07, 6.45) is 4.46. The van der Waals surface area contributed by atoms with Crippen molar-refractivity contribution in [2.45, 2.75) is 6.42 Å². The Morgan fingerprint density at radius 1 is 1.44 bits per heavy atom. The molecule has 0 aliphatic rings. The van der Waals surface area contributed by atoms with Gasteiger partial charge in [0, 0.05) is 16.9 Å². The van der Waals surface area contributed by atoms with E-state index < -0.39 is 0 Å². The third-order valence-corrected chi connectivity index (χ3v) is 2.91. The highest BCUT2D eigenvalue weighted by Crippen LogP contribution is 2.22. The van der Waals surface area contributed by atoms with E-state index in [2.05, 4.69) is 31.9 Å². The molecule has 0 amide bonds. The lowest BCUT2D eigenvalue weighted by Gasteiger charge is -2.07. The van der Waals surface area contributed by atoms with Gasteiger partial charge in [-0.15, -0.1) is 0 Å². The molecule has 0 spiro atoms. The van der Waals surface area contributed by atoms with Crippen molar-refractivity contribution in [2.24, 2.45) is 5.90 Å². The first-order valence-electron chi connectivity index (χ1n) is 4.91. The van der Waals surface area contributed by atoms with Crippen LogP contribution in [0.3, 0.4) is 0 Å². The second kappa shape index (κ2) is 5.25. The molecule has 2 aromatic rings. The molecular weight excluding hydrogens is 270 g/mol. The van der Waals surface area contributed by atoms with E-state index in [9.17, 15) is 0 Å². The van der Waals surface area contributed by atoms with Crippen molar-refractivity contribution in [1.29, 1.82) is 0 Å². The summed E-state index contributed by atoms with van der Waals surface area (Å²) in [7, 11) is 0. The van der Waals surface area contributed by atoms with E-state index in [1.165, 1.54) is 5.56 Å². The second-order valence-corrected chi connectivity index (χ2v) is 4.21. The van der Waals surface area contributed by atoms with Crippen molar-refractivity contribution < 1.29 is 4.84 Å². The monoisotopic (exact) mass is 281 g/mol. The van der Waals surface area contributed by atoms with E-state index in [-0.39, 0.29) is 0 Å².